The van der Waals surface area contributed by atoms with Crippen LogP contribution in [0.1, 0.15) is 22.3 Å². The number of thioether (sulfide) groups is 1. The van der Waals surface area contributed by atoms with Gasteiger partial charge in [-0.25, -0.2) is 0 Å². The molecule has 1 N–H and O–H groups in total. The Morgan fingerprint density at radius 2 is 1.64 bits per heavy atom. The summed E-state index contributed by atoms with van der Waals surface area (Å²) in [6.07, 6.45) is 0.461. The van der Waals surface area contributed by atoms with E-state index >= 15 is 0 Å². The summed E-state index contributed by atoms with van der Waals surface area (Å²) in [6.45, 7) is 2.44. The van der Waals surface area contributed by atoms with Crippen molar-refractivity contribution < 1.29 is 9.59 Å². The fourth-order valence-electron chi connectivity index (χ4n) is 3.69. The van der Waals surface area contributed by atoms with Gasteiger partial charge in [0.25, 0.3) is 0 Å². The maximum atomic E-state index is 13.5. The monoisotopic (exact) mass is 524 g/mol. The molecule has 2 amide bonds. The van der Waals surface area contributed by atoms with Crippen molar-refractivity contribution in [3.8, 4) is 0 Å². The van der Waals surface area contributed by atoms with Crippen LogP contribution in [-0.2, 0) is 28.3 Å². The van der Waals surface area contributed by atoms with Crippen molar-refractivity contribution in [3.63, 3.8) is 0 Å². The number of hydrogen-bond donors (Lipinski definition) is 1. The number of nitrogens with zero attached hydrogens (tertiary/aromatic N) is 1. The van der Waals surface area contributed by atoms with E-state index in [-0.39, 0.29) is 11.8 Å². The number of halogens is 1. The number of aryl methyl sites for hydroxylation is 1. The Bertz CT molecular complexity index is 1070. The Kier molecular flexibility index (Phi) is 9.58. The van der Waals surface area contributed by atoms with Gasteiger partial charge in [-0.2, -0.15) is 0 Å². The minimum atomic E-state index is -0.594. The summed E-state index contributed by atoms with van der Waals surface area (Å²) in [4.78, 5) is 28.1. The van der Waals surface area contributed by atoms with E-state index in [4.69, 9.17) is 0 Å². The maximum Gasteiger partial charge on any atom is 0.242 e. The Morgan fingerprint density at radius 1 is 0.939 bits per heavy atom. The molecule has 0 heterocycles. The molecule has 0 aliphatic rings. The number of amides is 2. The number of benzene rings is 3. The molecule has 3 aromatic carbocycles. The van der Waals surface area contributed by atoms with Crippen molar-refractivity contribution in [1.29, 1.82) is 0 Å². The Balaban J connectivity index is 1.81. The second kappa shape index (κ2) is 12.6. The second-order valence-corrected chi connectivity index (χ2v) is 9.85. The molecule has 4 nitrogen and oxygen atoms in total. The standard InChI is InChI=1S/C27H29BrN2O2S/c1-20-8-6-12-23(14-20)18-33-19-26(31)30(17-22-11-7-13-24(28)15-22)25(27(32)29-2)16-21-9-4-3-5-10-21/h3-15,25H,16-19H2,1-2H3,(H,29,32)/t25-/m0/s1. The molecule has 6 heteroatoms. The third-order valence-corrected chi connectivity index (χ3v) is 6.82. The molecular formula is C27H29BrN2O2S. The van der Waals surface area contributed by atoms with Crippen molar-refractivity contribution in [3.05, 3.63) is 106 Å². The van der Waals surface area contributed by atoms with Gasteiger partial charge in [0, 0.05) is 30.2 Å². The summed E-state index contributed by atoms with van der Waals surface area (Å²) in [5.41, 5.74) is 4.39. The van der Waals surface area contributed by atoms with Crippen molar-refractivity contribution in [2.45, 2.75) is 31.7 Å². The van der Waals surface area contributed by atoms with Gasteiger partial charge in [-0.05, 0) is 35.7 Å². The van der Waals surface area contributed by atoms with Crippen LogP contribution in [0.25, 0.3) is 0 Å². The lowest BCUT2D eigenvalue weighted by Gasteiger charge is -2.31. The third kappa shape index (κ3) is 7.76. The number of likely N-dealkylation sites (N-methyl/N-ethyl adjacent to an activating group) is 1. The lowest BCUT2D eigenvalue weighted by Crippen LogP contribution is -2.50. The van der Waals surface area contributed by atoms with Crippen LogP contribution < -0.4 is 5.32 Å². The fourth-order valence-corrected chi connectivity index (χ4v) is 5.00. The van der Waals surface area contributed by atoms with Crippen LogP contribution in [-0.4, -0.2) is 35.6 Å². The molecule has 0 aromatic heterocycles. The van der Waals surface area contributed by atoms with Crippen LogP contribution in [0, 0.1) is 6.92 Å². The predicted octanol–water partition coefficient (Wildman–Crippen LogP) is 5.38. The SMILES string of the molecule is CNC(=O)[C@H](Cc1ccccc1)N(Cc1cccc(Br)c1)C(=O)CSCc1cccc(C)c1. The quantitative estimate of drug-likeness (QED) is 0.387. The van der Waals surface area contributed by atoms with E-state index in [9.17, 15) is 9.59 Å². The minimum absolute atomic E-state index is 0.0443. The molecule has 0 saturated carbocycles. The summed E-state index contributed by atoms with van der Waals surface area (Å²) in [5, 5.41) is 2.76. The first-order valence-corrected chi connectivity index (χ1v) is 12.8. The van der Waals surface area contributed by atoms with Crippen LogP contribution in [0.5, 0.6) is 0 Å². The van der Waals surface area contributed by atoms with E-state index < -0.39 is 6.04 Å². The van der Waals surface area contributed by atoms with E-state index in [1.54, 1.807) is 23.7 Å². The molecule has 0 aliphatic carbocycles. The normalized spacial score (nSPS) is 11.6. The largest absolute Gasteiger partial charge is 0.357 e. The summed E-state index contributed by atoms with van der Waals surface area (Å²) in [5.74, 6) is 0.856. The lowest BCUT2D eigenvalue weighted by molar-refractivity contribution is -0.139. The molecule has 172 valence electrons. The summed E-state index contributed by atoms with van der Waals surface area (Å²) >= 11 is 5.09. The number of rotatable bonds is 10. The van der Waals surface area contributed by atoms with Crippen LogP contribution in [0.4, 0.5) is 0 Å². The Morgan fingerprint density at radius 3 is 2.33 bits per heavy atom. The van der Waals surface area contributed by atoms with Gasteiger partial charge in [0.1, 0.15) is 6.04 Å². The Hall–Kier alpha value is -2.57. The third-order valence-electron chi connectivity index (χ3n) is 5.34. The molecule has 0 spiro atoms. The second-order valence-electron chi connectivity index (χ2n) is 7.95. The van der Waals surface area contributed by atoms with Crippen molar-refractivity contribution in [2.75, 3.05) is 12.8 Å². The smallest absolute Gasteiger partial charge is 0.242 e. The molecule has 3 rings (SSSR count). The average Bonchev–Trinajstić information content (AvgIpc) is 2.81. The van der Waals surface area contributed by atoms with Gasteiger partial charge in [-0.1, -0.05) is 88.2 Å². The molecule has 0 radical (unpaired) electrons. The van der Waals surface area contributed by atoms with Crippen LogP contribution in [0.2, 0.25) is 0 Å². The molecule has 0 aliphatic heterocycles. The van der Waals surface area contributed by atoms with Crippen LogP contribution in [0.15, 0.2) is 83.3 Å². The number of carbonyl (C=O) groups is 2. The Labute approximate surface area is 208 Å². The number of nitrogens with one attached hydrogen (secondary N) is 1. The van der Waals surface area contributed by atoms with Crippen LogP contribution >= 0.6 is 27.7 Å². The highest BCUT2D eigenvalue weighted by molar-refractivity contribution is 9.10. The summed E-state index contributed by atoms with van der Waals surface area (Å²) < 4.78 is 0.945. The highest BCUT2D eigenvalue weighted by Crippen LogP contribution is 2.20. The molecule has 0 saturated heterocycles. The van der Waals surface area contributed by atoms with Crippen molar-refractivity contribution >= 4 is 39.5 Å². The van der Waals surface area contributed by atoms with Gasteiger partial charge in [-0.3, -0.25) is 9.59 Å². The zero-order valence-corrected chi connectivity index (χ0v) is 21.4. The highest BCUT2D eigenvalue weighted by Gasteiger charge is 2.29. The average molecular weight is 526 g/mol. The van der Waals surface area contributed by atoms with Gasteiger partial charge in [-0.15, -0.1) is 11.8 Å². The topological polar surface area (TPSA) is 49.4 Å². The first-order valence-electron chi connectivity index (χ1n) is 10.9. The predicted molar refractivity (Wildman–Crippen MR) is 140 cm³/mol. The van der Waals surface area contributed by atoms with E-state index in [0.717, 1.165) is 21.4 Å². The van der Waals surface area contributed by atoms with Gasteiger partial charge < -0.3 is 10.2 Å². The van der Waals surface area contributed by atoms with Crippen molar-refractivity contribution in [2.24, 2.45) is 0 Å². The molecule has 0 bridgehead atoms. The van der Waals surface area contributed by atoms with Crippen LogP contribution in [0.3, 0.4) is 0 Å². The highest BCUT2D eigenvalue weighted by atomic mass is 79.9. The van der Waals surface area contributed by atoms with E-state index in [1.165, 1.54) is 11.1 Å². The van der Waals surface area contributed by atoms with Gasteiger partial charge in [0.2, 0.25) is 11.8 Å². The zero-order chi connectivity index (χ0) is 23.6. The van der Waals surface area contributed by atoms with E-state index in [2.05, 4.69) is 46.4 Å². The number of hydrogen-bond acceptors (Lipinski definition) is 3. The van der Waals surface area contributed by atoms with Gasteiger partial charge in [0.05, 0.1) is 5.75 Å². The van der Waals surface area contributed by atoms with Crippen molar-refractivity contribution in [1.82, 2.24) is 10.2 Å². The summed E-state index contributed by atoms with van der Waals surface area (Å²) in [6, 6.07) is 25.4. The molecule has 0 fully saturated rings. The first kappa shape index (κ1) is 25.1. The zero-order valence-electron chi connectivity index (χ0n) is 19.0. The maximum absolute atomic E-state index is 13.5. The van der Waals surface area contributed by atoms with E-state index in [1.807, 2.05) is 60.7 Å². The molecule has 1 atom stereocenters. The molecule has 33 heavy (non-hydrogen) atoms. The van der Waals surface area contributed by atoms with Gasteiger partial charge >= 0.3 is 0 Å². The first-order chi connectivity index (χ1) is 16.0. The molecular weight excluding hydrogens is 496 g/mol. The minimum Gasteiger partial charge on any atom is -0.357 e. The fraction of sp³-hybridized carbons (Fsp3) is 0.259. The number of carbonyl (C=O) groups excluding carboxylic acids is 2. The lowest BCUT2D eigenvalue weighted by atomic mass is 10.0. The molecule has 0 unspecified atom stereocenters. The molecule has 3 aromatic rings. The summed E-state index contributed by atoms with van der Waals surface area (Å²) in [7, 11) is 1.62. The van der Waals surface area contributed by atoms with E-state index in [0.29, 0.717) is 18.7 Å². The van der Waals surface area contributed by atoms with Gasteiger partial charge in [0.15, 0.2) is 0 Å².